The number of fused-ring (bicyclic) bond motifs is 1. The van der Waals surface area contributed by atoms with Gasteiger partial charge in [-0.15, -0.1) is 0 Å². The average Bonchev–Trinajstić information content (AvgIpc) is 3.16. The quantitative estimate of drug-likeness (QED) is 0.430. The van der Waals surface area contributed by atoms with Crippen LogP contribution in [0, 0.1) is 5.82 Å². The van der Waals surface area contributed by atoms with E-state index in [1.807, 2.05) is 24.3 Å². The number of aryl methyl sites for hydroxylation is 1. The van der Waals surface area contributed by atoms with Gasteiger partial charge in [0.2, 0.25) is 5.91 Å². The third-order valence-electron chi connectivity index (χ3n) is 5.84. The summed E-state index contributed by atoms with van der Waals surface area (Å²) in [5.74, 6) is -1.78. The van der Waals surface area contributed by atoms with Gasteiger partial charge in [0.25, 0.3) is 5.91 Å². The van der Waals surface area contributed by atoms with E-state index in [9.17, 15) is 18.8 Å². The number of aliphatic carboxylic acids is 1. The second-order valence-corrected chi connectivity index (χ2v) is 8.23. The van der Waals surface area contributed by atoms with Crippen molar-refractivity contribution in [1.29, 1.82) is 0 Å². The topological polar surface area (TPSA) is 98.7 Å². The first-order chi connectivity index (χ1) is 16.7. The smallest absolute Gasteiger partial charge is 0.303 e. The van der Waals surface area contributed by atoms with Crippen molar-refractivity contribution in [3.8, 4) is 0 Å². The zero-order valence-electron chi connectivity index (χ0n) is 19.3. The number of carbonyl (C=O) groups excluding carboxylic acids is 2. The Bertz CT molecular complexity index is 1330. The zero-order valence-corrected chi connectivity index (χ0v) is 19.3. The fraction of sp³-hybridized carbons (Fsp3) is 0.148. The standard InChI is InChI=1S/C27H24FN3O4/c1-16(32)31(2)21-11-9-20(10-12-21)29-26(18-6-3-17(4-7-18)5-14-24(33)34)25-22-13-8-19(28)15-23(22)30-27(25)35/h3-4,6-13,15,29H,5,14H2,1-2H3,(H,30,35)(H,33,34). The Morgan fingerprint density at radius 2 is 1.71 bits per heavy atom. The lowest BCUT2D eigenvalue weighted by Crippen LogP contribution is -2.22. The molecule has 35 heavy (non-hydrogen) atoms. The highest BCUT2D eigenvalue weighted by Gasteiger charge is 2.29. The van der Waals surface area contributed by atoms with E-state index in [1.165, 1.54) is 24.0 Å². The Balaban J connectivity index is 1.75. The van der Waals surface area contributed by atoms with Gasteiger partial charge in [-0.25, -0.2) is 4.39 Å². The van der Waals surface area contributed by atoms with Crippen LogP contribution in [0.4, 0.5) is 21.5 Å². The molecule has 2 amide bonds. The molecule has 7 nitrogen and oxygen atoms in total. The van der Waals surface area contributed by atoms with Gasteiger partial charge in [-0.05, 0) is 60.0 Å². The summed E-state index contributed by atoms with van der Waals surface area (Å²) in [7, 11) is 1.68. The number of hydrogen-bond acceptors (Lipinski definition) is 4. The van der Waals surface area contributed by atoms with Crippen LogP contribution in [0.15, 0.2) is 66.7 Å². The number of carboxylic acids is 1. The van der Waals surface area contributed by atoms with E-state index in [0.29, 0.717) is 40.2 Å². The Hall–Kier alpha value is -4.46. The third-order valence-corrected chi connectivity index (χ3v) is 5.84. The molecule has 3 aromatic carbocycles. The number of hydrogen-bond donors (Lipinski definition) is 3. The summed E-state index contributed by atoms with van der Waals surface area (Å²) in [6.07, 6.45) is 0.413. The summed E-state index contributed by atoms with van der Waals surface area (Å²) in [5, 5.41) is 15.0. The van der Waals surface area contributed by atoms with Crippen molar-refractivity contribution in [2.75, 3.05) is 22.6 Å². The minimum Gasteiger partial charge on any atom is -0.481 e. The van der Waals surface area contributed by atoms with E-state index in [-0.39, 0.29) is 18.2 Å². The summed E-state index contributed by atoms with van der Waals surface area (Å²) < 4.78 is 13.8. The van der Waals surface area contributed by atoms with Crippen LogP contribution >= 0.6 is 0 Å². The number of carboxylic acid groups (broad SMARTS) is 1. The highest BCUT2D eigenvalue weighted by atomic mass is 19.1. The molecular weight excluding hydrogens is 449 g/mol. The van der Waals surface area contributed by atoms with Gasteiger partial charge in [0, 0.05) is 37.3 Å². The predicted octanol–water partition coefficient (Wildman–Crippen LogP) is 4.76. The van der Waals surface area contributed by atoms with E-state index in [0.717, 1.165) is 11.3 Å². The molecule has 0 saturated carbocycles. The van der Waals surface area contributed by atoms with Gasteiger partial charge in [0.1, 0.15) is 5.82 Å². The lowest BCUT2D eigenvalue weighted by atomic mass is 9.98. The van der Waals surface area contributed by atoms with Gasteiger partial charge in [-0.2, -0.15) is 0 Å². The summed E-state index contributed by atoms with van der Waals surface area (Å²) in [4.78, 5) is 37.0. The molecule has 0 unspecified atom stereocenters. The number of anilines is 3. The van der Waals surface area contributed by atoms with Crippen LogP contribution in [0.3, 0.4) is 0 Å². The van der Waals surface area contributed by atoms with Crippen LogP contribution in [0.1, 0.15) is 30.0 Å². The summed E-state index contributed by atoms with van der Waals surface area (Å²) in [6.45, 7) is 1.48. The molecule has 0 spiro atoms. The molecule has 0 atom stereocenters. The normalized spacial score (nSPS) is 13.6. The van der Waals surface area contributed by atoms with E-state index in [2.05, 4.69) is 10.6 Å². The first kappa shape index (κ1) is 23.7. The first-order valence-corrected chi connectivity index (χ1v) is 11.0. The molecule has 1 heterocycles. The number of carbonyl (C=O) groups is 3. The first-order valence-electron chi connectivity index (χ1n) is 11.0. The van der Waals surface area contributed by atoms with E-state index < -0.39 is 11.8 Å². The molecule has 0 saturated heterocycles. The van der Waals surface area contributed by atoms with Crippen molar-refractivity contribution in [1.82, 2.24) is 0 Å². The summed E-state index contributed by atoms with van der Waals surface area (Å²) in [5.41, 5.74) is 4.81. The zero-order chi connectivity index (χ0) is 25.1. The molecule has 3 N–H and O–H groups in total. The average molecular weight is 474 g/mol. The fourth-order valence-electron chi connectivity index (χ4n) is 3.86. The van der Waals surface area contributed by atoms with Gasteiger partial charge < -0.3 is 20.6 Å². The molecule has 1 aliphatic heterocycles. The van der Waals surface area contributed by atoms with Crippen molar-refractivity contribution < 1.29 is 23.9 Å². The number of benzene rings is 3. The Labute approximate surface area is 201 Å². The van der Waals surface area contributed by atoms with Gasteiger partial charge in [-0.1, -0.05) is 24.3 Å². The van der Waals surface area contributed by atoms with Crippen LogP contribution in [0.2, 0.25) is 0 Å². The molecular formula is C27H24FN3O4. The van der Waals surface area contributed by atoms with Crippen LogP contribution in [0.5, 0.6) is 0 Å². The second kappa shape index (κ2) is 9.80. The Morgan fingerprint density at radius 3 is 2.34 bits per heavy atom. The number of halogens is 1. The molecule has 0 fully saturated rings. The summed E-state index contributed by atoms with van der Waals surface area (Å²) in [6, 6.07) is 18.6. The van der Waals surface area contributed by atoms with Crippen LogP contribution < -0.4 is 15.5 Å². The van der Waals surface area contributed by atoms with Crippen molar-refractivity contribution in [3.05, 3.63) is 89.2 Å². The number of nitrogens with one attached hydrogen (secondary N) is 2. The molecule has 0 bridgehead atoms. The van der Waals surface area contributed by atoms with Gasteiger partial charge in [0.15, 0.2) is 0 Å². The number of nitrogens with zero attached hydrogens (tertiary/aromatic N) is 1. The predicted molar refractivity (Wildman–Crippen MR) is 133 cm³/mol. The monoisotopic (exact) mass is 473 g/mol. The molecule has 4 rings (SSSR count). The lowest BCUT2D eigenvalue weighted by molar-refractivity contribution is -0.137. The largest absolute Gasteiger partial charge is 0.481 e. The Morgan fingerprint density at radius 1 is 1.03 bits per heavy atom. The Kier molecular flexibility index (Phi) is 6.64. The van der Waals surface area contributed by atoms with Crippen molar-refractivity contribution in [3.63, 3.8) is 0 Å². The van der Waals surface area contributed by atoms with E-state index in [4.69, 9.17) is 5.11 Å². The van der Waals surface area contributed by atoms with Crippen LogP contribution in [-0.2, 0) is 20.8 Å². The highest BCUT2D eigenvalue weighted by molar-refractivity contribution is 6.37. The molecule has 178 valence electrons. The van der Waals surface area contributed by atoms with E-state index >= 15 is 0 Å². The van der Waals surface area contributed by atoms with Crippen LogP contribution in [-0.4, -0.2) is 29.9 Å². The molecule has 3 aromatic rings. The summed E-state index contributed by atoms with van der Waals surface area (Å²) >= 11 is 0. The maximum absolute atomic E-state index is 13.8. The molecule has 0 aromatic heterocycles. The fourth-order valence-corrected chi connectivity index (χ4v) is 3.86. The van der Waals surface area contributed by atoms with Gasteiger partial charge in [0.05, 0.1) is 17.0 Å². The van der Waals surface area contributed by atoms with Crippen LogP contribution in [0.25, 0.3) is 11.3 Å². The minimum absolute atomic E-state index is 0.0218. The lowest BCUT2D eigenvalue weighted by Gasteiger charge is -2.18. The van der Waals surface area contributed by atoms with Crippen molar-refractivity contribution >= 4 is 46.1 Å². The van der Waals surface area contributed by atoms with E-state index in [1.54, 1.807) is 37.4 Å². The molecule has 1 aliphatic rings. The number of rotatable bonds is 7. The minimum atomic E-state index is -0.871. The third kappa shape index (κ3) is 5.22. The van der Waals surface area contributed by atoms with Crippen molar-refractivity contribution in [2.45, 2.75) is 19.8 Å². The van der Waals surface area contributed by atoms with Crippen molar-refractivity contribution in [2.24, 2.45) is 0 Å². The molecule has 8 heteroatoms. The SMILES string of the molecule is CC(=O)N(C)c1ccc(NC(=C2C(=O)Nc3cc(F)ccc32)c2ccc(CCC(=O)O)cc2)cc1. The molecule has 0 aliphatic carbocycles. The second-order valence-electron chi connectivity index (χ2n) is 8.23. The number of amides is 2. The molecule has 0 radical (unpaired) electrons. The maximum Gasteiger partial charge on any atom is 0.303 e. The van der Waals surface area contributed by atoms with Gasteiger partial charge in [-0.3, -0.25) is 14.4 Å². The highest BCUT2D eigenvalue weighted by Crippen LogP contribution is 2.38. The van der Waals surface area contributed by atoms with Gasteiger partial charge >= 0.3 is 5.97 Å². The maximum atomic E-state index is 13.8.